The SMILES string of the molecule is CCCCCCCCCCCCc1ccc(C=S)cc1. The monoisotopic (exact) mass is 290 g/mol. The highest BCUT2D eigenvalue weighted by Gasteiger charge is 1.95. The highest BCUT2D eigenvalue weighted by molar-refractivity contribution is 7.79. The average Bonchev–Trinajstić information content (AvgIpc) is 2.50. The van der Waals surface area contributed by atoms with Crippen molar-refractivity contribution in [2.75, 3.05) is 0 Å². The molecule has 0 nitrogen and oxygen atoms in total. The van der Waals surface area contributed by atoms with Crippen LogP contribution in [0.1, 0.15) is 82.3 Å². The Bertz CT molecular complexity index is 339. The molecule has 0 aliphatic heterocycles. The first-order valence-electron chi connectivity index (χ1n) is 8.41. The lowest BCUT2D eigenvalue weighted by Crippen LogP contribution is -1.87. The molecule has 1 aromatic carbocycles. The Hall–Kier alpha value is -0.690. The van der Waals surface area contributed by atoms with Crippen molar-refractivity contribution in [3.05, 3.63) is 35.4 Å². The number of hydrogen-bond donors (Lipinski definition) is 0. The van der Waals surface area contributed by atoms with Gasteiger partial charge in [-0.1, -0.05) is 101 Å². The Labute approximate surface area is 131 Å². The summed E-state index contributed by atoms with van der Waals surface area (Å²) in [6.07, 6.45) is 15.3. The topological polar surface area (TPSA) is 0 Å². The van der Waals surface area contributed by atoms with Gasteiger partial charge in [0.25, 0.3) is 0 Å². The highest BCUT2D eigenvalue weighted by Crippen LogP contribution is 2.12. The number of thiocarbonyl (C=S) groups is 1. The van der Waals surface area contributed by atoms with Gasteiger partial charge in [0.15, 0.2) is 0 Å². The molecule has 0 saturated heterocycles. The maximum Gasteiger partial charge on any atom is 0.00861 e. The molecule has 112 valence electrons. The van der Waals surface area contributed by atoms with Crippen LogP contribution in [0, 0.1) is 0 Å². The van der Waals surface area contributed by atoms with Gasteiger partial charge < -0.3 is 0 Å². The number of benzene rings is 1. The van der Waals surface area contributed by atoms with E-state index in [0.717, 1.165) is 5.56 Å². The van der Waals surface area contributed by atoms with Crippen LogP contribution in [0.25, 0.3) is 0 Å². The molecule has 1 aromatic rings. The minimum atomic E-state index is 1.15. The molecule has 0 unspecified atom stereocenters. The standard InChI is InChI=1S/C19H30S/c1-2-3-4-5-6-7-8-9-10-11-12-18-13-15-19(17-20)16-14-18/h13-17H,2-12H2,1H3. The predicted octanol–water partition coefficient (Wildman–Crippen LogP) is 6.50. The van der Waals surface area contributed by atoms with E-state index >= 15 is 0 Å². The number of hydrogen-bond acceptors (Lipinski definition) is 1. The summed E-state index contributed by atoms with van der Waals surface area (Å²) in [5.41, 5.74) is 2.59. The maximum absolute atomic E-state index is 4.92. The van der Waals surface area contributed by atoms with Crippen LogP contribution < -0.4 is 0 Å². The zero-order valence-electron chi connectivity index (χ0n) is 13.1. The lowest BCUT2D eigenvalue weighted by atomic mass is 10.0. The van der Waals surface area contributed by atoms with Gasteiger partial charge in [-0.3, -0.25) is 0 Å². The molecule has 0 heterocycles. The van der Waals surface area contributed by atoms with Gasteiger partial charge in [-0.05, 0) is 24.0 Å². The van der Waals surface area contributed by atoms with Gasteiger partial charge in [0.2, 0.25) is 0 Å². The predicted molar refractivity (Wildman–Crippen MR) is 94.7 cm³/mol. The second-order valence-electron chi connectivity index (χ2n) is 5.79. The van der Waals surface area contributed by atoms with E-state index < -0.39 is 0 Å². The Morgan fingerprint density at radius 1 is 0.750 bits per heavy atom. The second-order valence-corrected chi connectivity index (χ2v) is 6.03. The van der Waals surface area contributed by atoms with Crippen LogP contribution in [0.15, 0.2) is 24.3 Å². The van der Waals surface area contributed by atoms with Gasteiger partial charge in [0.1, 0.15) is 0 Å². The van der Waals surface area contributed by atoms with Crippen LogP contribution in [0.4, 0.5) is 0 Å². The van der Waals surface area contributed by atoms with E-state index in [1.165, 1.54) is 76.2 Å². The zero-order valence-corrected chi connectivity index (χ0v) is 13.9. The second kappa shape index (κ2) is 12.1. The molecule has 0 N–H and O–H groups in total. The van der Waals surface area contributed by atoms with Gasteiger partial charge in [-0.15, -0.1) is 0 Å². The highest BCUT2D eigenvalue weighted by atomic mass is 32.1. The zero-order chi connectivity index (χ0) is 14.5. The molecule has 20 heavy (non-hydrogen) atoms. The van der Waals surface area contributed by atoms with E-state index in [2.05, 4.69) is 31.2 Å². The number of aryl methyl sites for hydroxylation is 1. The third kappa shape index (κ3) is 8.47. The van der Waals surface area contributed by atoms with Gasteiger partial charge >= 0.3 is 0 Å². The Morgan fingerprint density at radius 3 is 1.75 bits per heavy atom. The summed E-state index contributed by atoms with van der Waals surface area (Å²) < 4.78 is 0. The molecule has 0 aliphatic carbocycles. The molecule has 0 spiro atoms. The molecule has 1 rings (SSSR count). The van der Waals surface area contributed by atoms with Crippen LogP contribution in [-0.2, 0) is 6.42 Å². The Balaban J connectivity index is 1.92. The molecule has 0 fully saturated rings. The molecule has 1 heteroatoms. The van der Waals surface area contributed by atoms with E-state index in [-0.39, 0.29) is 0 Å². The minimum absolute atomic E-state index is 1.15. The smallest absolute Gasteiger partial charge is 0.00861 e. The Morgan fingerprint density at radius 2 is 1.25 bits per heavy atom. The average molecular weight is 291 g/mol. The quantitative estimate of drug-likeness (QED) is 0.313. The summed E-state index contributed by atoms with van der Waals surface area (Å²) in [6.45, 7) is 2.28. The molecule has 0 atom stereocenters. The molecule has 0 aromatic heterocycles. The first-order valence-corrected chi connectivity index (χ1v) is 8.88. The van der Waals surface area contributed by atoms with Crippen molar-refractivity contribution in [2.45, 2.75) is 77.6 Å². The lowest BCUT2D eigenvalue weighted by Gasteiger charge is -2.03. The number of unbranched alkanes of at least 4 members (excludes halogenated alkanes) is 9. The van der Waals surface area contributed by atoms with E-state index in [0.29, 0.717) is 0 Å². The summed E-state index contributed by atoms with van der Waals surface area (Å²) >= 11 is 4.92. The summed E-state index contributed by atoms with van der Waals surface area (Å²) in [7, 11) is 0. The molecular formula is C19H30S. The van der Waals surface area contributed by atoms with Crippen molar-refractivity contribution in [1.82, 2.24) is 0 Å². The van der Waals surface area contributed by atoms with E-state index in [1.54, 1.807) is 5.37 Å². The largest absolute Gasteiger partial charge is 0.0881 e. The Kier molecular flexibility index (Phi) is 10.5. The molecule has 0 amide bonds. The van der Waals surface area contributed by atoms with Crippen molar-refractivity contribution in [3.63, 3.8) is 0 Å². The fourth-order valence-electron chi connectivity index (χ4n) is 2.58. The van der Waals surface area contributed by atoms with Crippen LogP contribution in [0.2, 0.25) is 0 Å². The van der Waals surface area contributed by atoms with Crippen LogP contribution in [0.5, 0.6) is 0 Å². The molecule has 0 radical (unpaired) electrons. The summed E-state index contributed by atoms with van der Waals surface area (Å²) in [5, 5.41) is 1.74. The van der Waals surface area contributed by atoms with Crippen molar-refractivity contribution in [1.29, 1.82) is 0 Å². The third-order valence-corrected chi connectivity index (χ3v) is 4.21. The van der Waals surface area contributed by atoms with Crippen molar-refractivity contribution in [2.24, 2.45) is 0 Å². The normalized spacial score (nSPS) is 10.7. The van der Waals surface area contributed by atoms with Gasteiger partial charge in [0.05, 0.1) is 0 Å². The van der Waals surface area contributed by atoms with Gasteiger partial charge in [0, 0.05) is 5.37 Å². The third-order valence-electron chi connectivity index (χ3n) is 3.93. The lowest BCUT2D eigenvalue weighted by molar-refractivity contribution is 0.556. The molecular weight excluding hydrogens is 260 g/mol. The fourth-order valence-corrected chi connectivity index (χ4v) is 2.74. The minimum Gasteiger partial charge on any atom is -0.0881 e. The summed E-state index contributed by atoms with van der Waals surface area (Å²) in [6, 6.07) is 8.68. The maximum atomic E-state index is 4.92. The van der Waals surface area contributed by atoms with E-state index in [9.17, 15) is 0 Å². The fraction of sp³-hybridized carbons (Fsp3) is 0.632. The van der Waals surface area contributed by atoms with E-state index in [1.807, 2.05) is 0 Å². The van der Waals surface area contributed by atoms with Crippen LogP contribution >= 0.6 is 12.2 Å². The first-order chi connectivity index (χ1) is 9.86. The summed E-state index contributed by atoms with van der Waals surface area (Å²) in [5.74, 6) is 0. The van der Waals surface area contributed by atoms with Crippen LogP contribution in [-0.4, -0.2) is 5.37 Å². The molecule has 0 saturated carbocycles. The summed E-state index contributed by atoms with van der Waals surface area (Å²) in [4.78, 5) is 0. The van der Waals surface area contributed by atoms with Gasteiger partial charge in [-0.25, -0.2) is 0 Å². The molecule has 0 bridgehead atoms. The number of rotatable bonds is 12. The van der Waals surface area contributed by atoms with Crippen molar-refractivity contribution in [3.8, 4) is 0 Å². The molecule has 0 aliphatic rings. The first kappa shape index (κ1) is 17.4. The van der Waals surface area contributed by atoms with Crippen molar-refractivity contribution >= 4 is 17.6 Å². The van der Waals surface area contributed by atoms with Crippen LogP contribution in [0.3, 0.4) is 0 Å². The van der Waals surface area contributed by atoms with Gasteiger partial charge in [-0.2, -0.15) is 0 Å². The van der Waals surface area contributed by atoms with Crippen molar-refractivity contribution < 1.29 is 0 Å². The van der Waals surface area contributed by atoms with E-state index in [4.69, 9.17) is 12.2 Å².